The molecule has 0 radical (unpaired) electrons. The van der Waals surface area contributed by atoms with Crippen LogP contribution in [0.5, 0.6) is 0 Å². The van der Waals surface area contributed by atoms with Crippen molar-refractivity contribution in [3.8, 4) is 0 Å². The van der Waals surface area contributed by atoms with E-state index in [4.69, 9.17) is 29.6 Å². The van der Waals surface area contributed by atoms with E-state index in [2.05, 4.69) is 21.2 Å². The Balaban J connectivity index is 2.50. The van der Waals surface area contributed by atoms with Gasteiger partial charge in [-0.3, -0.25) is 4.79 Å². The van der Waals surface area contributed by atoms with Gasteiger partial charge in [0.1, 0.15) is 0 Å². The summed E-state index contributed by atoms with van der Waals surface area (Å²) in [6.07, 6.45) is 1.38. The van der Waals surface area contributed by atoms with Crippen LogP contribution in [0, 0.1) is 0 Å². The minimum atomic E-state index is -0.142. The summed E-state index contributed by atoms with van der Waals surface area (Å²) in [6, 6.07) is 5.04. The van der Waals surface area contributed by atoms with Gasteiger partial charge >= 0.3 is 0 Å². The first-order valence-electron chi connectivity index (χ1n) is 5.02. The molecule has 92 valence electrons. The Labute approximate surface area is 119 Å². The fourth-order valence-corrected chi connectivity index (χ4v) is 2.24. The predicted molar refractivity (Wildman–Crippen MR) is 77.5 cm³/mol. The number of hydrogen-bond acceptors (Lipinski definition) is 2. The summed E-state index contributed by atoms with van der Waals surface area (Å²) >= 11 is 13.8. The van der Waals surface area contributed by atoms with Gasteiger partial charge in [0.25, 0.3) is 5.91 Å². The molecule has 3 nitrogen and oxygen atoms in total. The smallest absolute Gasteiger partial charge is 0.252 e. The van der Waals surface area contributed by atoms with Crippen molar-refractivity contribution in [2.24, 2.45) is 5.73 Å². The molecule has 0 unspecified atom stereocenters. The summed E-state index contributed by atoms with van der Waals surface area (Å²) in [5.41, 5.74) is 5.92. The van der Waals surface area contributed by atoms with E-state index in [9.17, 15) is 4.79 Å². The number of rotatable bonds is 5. The topological polar surface area (TPSA) is 55.1 Å². The second-order valence-corrected chi connectivity index (χ2v) is 5.27. The minimum Gasteiger partial charge on any atom is -0.393 e. The van der Waals surface area contributed by atoms with E-state index in [0.717, 1.165) is 6.42 Å². The molecule has 0 aliphatic rings. The van der Waals surface area contributed by atoms with Gasteiger partial charge in [-0.1, -0.05) is 23.8 Å². The highest BCUT2D eigenvalue weighted by Crippen LogP contribution is 2.21. The molecule has 0 aliphatic heterocycles. The van der Waals surface area contributed by atoms with Crippen LogP contribution in [-0.4, -0.2) is 17.4 Å². The van der Waals surface area contributed by atoms with Crippen LogP contribution in [-0.2, 0) is 0 Å². The zero-order chi connectivity index (χ0) is 12.8. The second-order valence-electron chi connectivity index (χ2n) is 3.45. The van der Waals surface area contributed by atoms with E-state index in [1.807, 2.05) is 0 Å². The summed E-state index contributed by atoms with van der Waals surface area (Å²) in [5.74, 6) is -0.142. The normalized spacial score (nSPS) is 10.0. The third kappa shape index (κ3) is 5.02. The van der Waals surface area contributed by atoms with Gasteiger partial charge in [-0.15, -0.1) is 0 Å². The molecular formula is C11H12BrClN2OS. The van der Waals surface area contributed by atoms with Gasteiger partial charge in [-0.2, -0.15) is 0 Å². The van der Waals surface area contributed by atoms with Gasteiger partial charge in [0.15, 0.2) is 0 Å². The van der Waals surface area contributed by atoms with Crippen molar-refractivity contribution in [2.75, 3.05) is 6.54 Å². The molecule has 1 aromatic carbocycles. The second kappa shape index (κ2) is 6.93. The quantitative estimate of drug-likeness (QED) is 0.642. The van der Waals surface area contributed by atoms with Crippen LogP contribution >= 0.6 is 39.7 Å². The predicted octanol–water partition coefficient (Wildman–Crippen LogP) is 2.90. The van der Waals surface area contributed by atoms with Crippen molar-refractivity contribution >= 4 is 50.6 Å². The molecule has 0 aliphatic carbocycles. The van der Waals surface area contributed by atoms with Crippen molar-refractivity contribution in [3.63, 3.8) is 0 Å². The van der Waals surface area contributed by atoms with E-state index in [1.54, 1.807) is 18.2 Å². The Kier molecular flexibility index (Phi) is 5.88. The molecule has 1 rings (SSSR count). The highest BCUT2D eigenvalue weighted by atomic mass is 79.9. The van der Waals surface area contributed by atoms with Crippen LogP contribution in [0.4, 0.5) is 0 Å². The number of nitrogens with one attached hydrogen (secondary N) is 1. The van der Waals surface area contributed by atoms with E-state index >= 15 is 0 Å². The summed E-state index contributed by atoms with van der Waals surface area (Å²) in [4.78, 5) is 12.2. The van der Waals surface area contributed by atoms with E-state index in [-0.39, 0.29) is 5.91 Å². The molecule has 0 bridgehead atoms. The highest BCUT2D eigenvalue weighted by Gasteiger charge is 2.09. The number of benzene rings is 1. The minimum absolute atomic E-state index is 0.142. The lowest BCUT2D eigenvalue weighted by atomic mass is 10.2. The average Bonchev–Trinajstić information content (AvgIpc) is 2.23. The first-order chi connectivity index (χ1) is 8.00. The van der Waals surface area contributed by atoms with Gasteiger partial charge in [0.2, 0.25) is 0 Å². The van der Waals surface area contributed by atoms with Gasteiger partial charge < -0.3 is 11.1 Å². The number of amides is 1. The monoisotopic (exact) mass is 334 g/mol. The maximum Gasteiger partial charge on any atom is 0.252 e. The van der Waals surface area contributed by atoms with Crippen LogP contribution < -0.4 is 11.1 Å². The van der Waals surface area contributed by atoms with Crippen molar-refractivity contribution in [1.29, 1.82) is 0 Å². The van der Waals surface area contributed by atoms with Crippen molar-refractivity contribution in [3.05, 3.63) is 33.3 Å². The number of hydrogen-bond donors (Lipinski definition) is 2. The van der Waals surface area contributed by atoms with Crippen molar-refractivity contribution < 1.29 is 4.79 Å². The number of halogens is 2. The average molecular weight is 336 g/mol. The Morgan fingerprint density at radius 2 is 2.24 bits per heavy atom. The SMILES string of the molecule is NC(=S)CCCNC(=O)c1ccc(Cl)cc1Br. The highest BCUT2D eigenvalue weighted by molar-refractivity contribution is 9.10. The van der Waals surface area contributed by atoms with Gasteiger partial charge in [0.05, 0.1) is 10.6 Å². The molecule has 0 atom stereocenters. The Hall–Kier alpha value is -0.650. The van der Waals surface area contributed by atoms with Gasteiger partial charge in [-0.05, 0) is 47.0 Å². The molecule has 0 fully saturated rings. The molecule has 0 saturated heterocycles. The number of carbonyl (C=O) groups is 1. The Morgan fingerprint density at radius 3 is 2.82 bits per heavy atom. The van der Waals surface area contributed by atoms with E-state index < -0.39 is 0 Å². The molecule has 6 heteroatoms. The molecule has 17 heavy (non-hydrogen) atoms. The molecule has 1 aromatic rings. The molecule has 1 amide bonds. The van der Waals surface area contributed by atoms with Crippen LogP contribution in [0.25, 0.3) is 0 Å². The largest absolute Gasteiger partial charge is 0.393 e. The first-order valence-corrected chi connectivity index (χ1v) is 6.60. The third-order valence-electron chi connectivity index (χ3n) is 2.06. The summed E-state index contributed by atoms with van der Waals surface area (Å²) < 4.78 is 0.678. The summed E-state index contributed by atoms with van der Waals surface area (Å²) in [7, 11) is 0. The fourth-order valence-electron chi connectivity index (χ4n) is 1.23. The van der Waals surface area contributed by atoms with Crippen LogP contribution in [0.3, 0.4) is 0 Å². The van der Waals surface area contributed by atoms with Crippen LogP contribution in [0.2, 0.25) is 5.02 Å². The third-order valence-corrected chi connectivity index (χ3v) is 3.16. The lowest BCUT2D eigenvalue weighted by Crippen LogP contribution is -2.25. The first kappa shape index (κ1) is 14.4. The maximum atomic E-state index is 11.8. The molecule has 0 aromatic heterocycles. The Bertz CT molecular complexity index is 439. The molecule has 0 saturated carbocycles. The van der Waals surface area contributed by atoms with E-state index in [0.29, 0.717) is 33.0 Å². The van der Waals surface area contributed by atoms with Crippen molar-refractivity contribution in [2.45, 2.75) is 12.8 Å². The number of carbonyl (C=O) groups excluding carboxylic acids is 1. The molecule has 0 spiro atoms. The molecule has 3 N–H and O–H groups in total. The van der Waals surface area contributed by atoms with Gasteiger partial charge in [0, 0.05) is 16.0 Å². The van der Waals surface area contributed by atoms with Crippen LogP contribution in [0.15, 0.2) is 22.7 Å². The summed E-state index contributed by atoms with van der Waals surface area (Å²) in [5, 5.41) is 3.37. The Morgan fingerprint density at radius 1 is 1.53 bits per heavy atom. The zero-order valence-electron chi connectivity index (χ0n) is 9.00. The lowest BCUT2D eigenvalue weighted by Gasteiger charge is -2.06. The standard InChI is InChI=1S/C11H12BrClN2OS/c12-9-6-7(13)3-4-8(9)11(16)15-5-1-2-10(14)17/h3-4,6H,1-2,5H2,(H2,14,17)(H,15,16). The molecular weight excluding hydrogens is 324 g/mol. The van der Waals surface area contributed by atoms with Gasteiger partial charge in [-0.25, -0.2) is 0 Å². The van der Waals surface area contributed by atoms with Crippen LogP contribution in [0.1, 0.15) is 23.2 Å². The van der Waals surface area contributed by atoms with Crippen molar-refractivity contribution in [1.82, 2.24) is 5.32 Å². The number of thiocarbonyl (C=S) groups is 1. The zero-order valence-corrected chi connectivity index (χ0v) is 12.2. The van der Waals surface area contributed by atoms with E-state index in [1.165, 1.54) is 0 Å². The lowest BCUT2D eigenvalue weighted by molar-refractivity contribution is 0.0952. The molecule has 0 heterocycles. The fraction of sp³-hybridized carbons (Fsp3) is 0.273. The number of nitrogens with two attached hydrogens (primary N) is 1. The summed E-state index contributed by atoms with van der Waals surface area (Å²) in [6.45, 7) is 0.547. The maximum absolute atomic E-state index is 11.8.